The zero-order chi connectivity index (χ0) is 18.9. The Hall–Kier alpha value is -3.15. The van der Waals surface area contributed by atoms with E-state index in [0.29, 0.717) is 16.7 Å². The molecule has 0 aliphatic rings. The summed E-state index contributed by atoms with van der Waals surface area (Å²) in [6, 6.07) is 14.5. The van der Waals surface area contributed by atoms with Crippen LogP contribution >= 0.6 is 0 Å². The third-order valence-electron chi connectivity index (χ3n) is 4.19. The highest BCUT2D eigenvalue weighted by Gasteiger charge is 2.19. The van der Waals surface area contributed by atoms with E-state index >= 15 is 0 Å². The Balaban J connectivity index is 1.96. The van der Waals surface area contributed by atoms with Crippen molar-refractivity contribution in [3.05, 3.63) is 74.8 Å². The quantitative estimate of drug-likeness (QED) is 0.712. The van der Waals surface area contributed by atoms with Crippen molar-refractivity contribution >= 4 is 22.6 Å². The topological polar surface area (TPSA) is 84.0 Å². The molecule has 0 unspecified atom stereocenters. The molecule has 0 bridgehead atoms. The molecule has 3 rings (SSSR count). The molecule has 0 aliphatic carbocycles. The van der Waals surface area contributed by atoms with Gasteiger partial charge in [0.1, 0.15) is 6.54 Å². The lowest BCUT2D eigenvalue weighted by Gasteiger charge is -2.23. The van der Waals surface area contributed by atoms with Crippen molar-refractivity contribution in [2.75, 3.05) is 5.32 Å². The predicted octanol–water partition coefficient (Wildman–Crippen LogP) is 2.63. The number of carbonyl (C=O) groups excluding carboxylic acids is 1. The van der Waals surface area contributed by atoms with Gasteiger partial charge in [-0.25, -0.2) is 0 Å². The maximum Gasteiger partial charge on any atom is 0.317 e. The minimum atomic E-state index is -0.747. The van der Waals surface area contributed by atoms with Gasteiger partial charge in [0.15, 0.2) is 0 Å². The molecule has 0 saturated heterocycles. The number of fused-ring (bicyclic) bond motifs is 1. The monoisotopic (exact) mass is 351 g/mol. The molecule has 6 nitrogen and oxygen atoms in total. The van der Waals surface area contributed by atoms with E-state index in [2.05, 4.69) is 31.1 Å². The molecule has 1 amide bonds. The van der Waals surface area contributed by atoms with Gasteiger partial charge in [0.25, 0.3) is 0 Å². The number of aromatic amines is 1. The highest BCUT2D eigenvalue weighted by Crippen LogP contribution is 2.29. The predicted molar refractivity (Wildman–Crippen MR) is 103 cm³/mol. The molecule has 0 radical (unpaired) electrons. The molecule has 1 heterocycles. The molecule has 1 aromatic heterocycles. The van der Waals surface area contributed by atoms with Crippen LogP contribution in [0.4, 0.5) is 5.69 Å². The summed E-state index contributed by atoms with van der Waals surface area (Å²) in [6.07, 6.45) is 0. The molecular formula is C20H21N3O3. The van der Waals surface area contributed by atoms with E-state index in [4.69, 9.17) is 0 Å². The minimum Gasteiger partial charge on any atom is -0.324 e. The normalized spacial score (nSPS) is 11.5. The average molecular weight is 351 g/mol. The Bertz CT molecular complexity index is 1090. The summed E-state index contributed by atoms with van der Waals surface area (Å²) >= 11 is 0. The van der Waals surface area contributed by atoms with Crippen LogP contribution in [-0.2, 0) is 16.8 Å². The number of nitrogens with one attached hydrogen (secondary N) is 2. The Labute approximate surface area is 150 Å². The largest absolute Gasteiger partial charge is 0.324 e. The zero-order valence-electron chi connectivity index (χ0n) is 15.0. The van der Waals surface area contributed by atoms with Gasteiger partial charge >= 0.3 is 11.1 Å². The Morgan fingerprint density at radius 1 is 1.04 bits per heavy atom. The number of para-hydroxylation sites is 3. The summed E-state index contributed by atoms with van der Waals surface area (Å²) in [7, 11) is 0. The van der Waals surface area contributed by atoms with Crippen LogP contribution in [-0.4, -0.2) is 15.5 Å². The van der Waals surface area contributed by atoms with Gasteiger partial charge in [-0.2, -0.15) is 0 Å². The molecule has 26 heavy (non-hydrogen) atoms. The highest BCUT2D eigenvalue weighted by molar-refractivity contribution is 5.92. The molecule has 134 valence electrons. The summed E-state index contributed by atoms with van der Waals surface area (Å²) < 4.78 is 1.20. The minimum absolute atomic E-state index is 0.142. The summed E-state index contributed by atoms with van der Waals surface area (Å²) in [5.41, 5.74) is 1.09. The number of carbonyl (C=O) groups is 1. The first-order valence-corrected chi connectivity index (χ1v) is 8.38. The second-order valence-electron chi connectivity index (χ2n) is 7.21. The van der Waals surface area contributed by atoms with Gasteiger partial charge in [0.2, 0.25) is 5.91 Å². The van der Waals surface area contributed by atoms with Crippen molar-refractivity contribution in [2.24, 2.45) is 0 Å². The van der Waals surface area contributed by atoms with E-state index in [1.54, 1.807) is 24.3 Å². The van der Waals surface area contributed by atoms with Crippen molar-refractivity contribution < 1.29 is 4.79 Å². The highest BCUT2D eigenvalue weighted by atomic mass is 16.2. The summed E-state index contributed by atoms with van der Waals surface area (Å²) in [5, 5.41) is 2.87. The Morgan fingerprint density at radius 2 is 1.69 bits per heavy atom. The van der Waals surface area contributed by atoms with Crippen molar-refractivity contribution in [3.63, 3.8) is 0 Å². The zero-order valence-corrected chi connectivity index (χ0v) is 15.0. The maximum absolute atomic E-state index is 12.6. The second-order valence-corrected chi connectivity index (χ2v) is 7.21. The number of hydrogen-bond acceptors (Lipinski definition) is 3. The lowest BCUT2D eigenvalue weighted by atomic mass is 9.86. The fourth-order valence-electron chi connectivity index (χ4n) is 2.96. The smallest absolute Gasteiger partial charge is 0.317 e. The molecule has 0 fully saturated rings. The van der Waals surface area contributed by atoms with Gasteiger partial charge in [0.05, 0.1) is 11.0 Å². The van der Waals surface area contributed by atoms with Crippen LogP contribution in [0, 0.1) is 0 Å². The molecule has 0 spiro atoms. The van der Waals surface area contributed by atoms with Crippen molar-refractivity contribution in [2.45, 2.75) is 32.7 Å². The number of rotatable bonds is 3. The van der Waals surface area contributed by atoms with Gasteiger partial charge in [-0.3, -0.25) is 19.0 Å². The van der Waals surface area contributed by atoms with Gasteiger partial charge < -0.3 is 10.3 Å². The summed E-state index contributed by atoms with van der Waals surface area (Å²) in [4.78, 5) is 39.2. The maximum atomic E-state index is 12.6. The van der Waals surface area contributed by atoms with Crippen LogP contribution in [0.1, 0.15) is 26.3 Å². The first kappa shape index (κ1) is 17.7. The number of benzene rings is 2. The van der Waals surface area contributed by atoms with Crippen molar-refractivity contribution in [1.29, 1.82) is 0 Å². The second kappa shape index (κ2) is 6.63. The molecule has 0 aliphatic heterocycles. The van der Waals surface area contributed by atoms with Gasteiger partial charge in [-0.15, -0.1) is 0 Å². The molecule has 6 heteroatoms. The summed E-state index contributed by atoms with van der Waals surface area (Å²) in [5.74, 6) is -0.362. The SMILES string of the molecule is CC(C)(C)c1ccccc1NC(=O)Cn1c(=O)c(=O)[nH]c2ccccc21. The average Bonchev–Trinajstić information content (AvgIpc) is 2.58. The third-order valence-corrected chi connectivity index (χ3v) is 4.19. The van der Waals surface area contributed by atoms with Crippen molar-refractivity contribution in [1.82, 2.24) is 9.55 Å². The van der Waals surface area contributed by atoms with E-state index in [-0.39, 0.29) is 17.9 Å². The van der Waals surface area contributed by atoms with Crippen LogP contribution in [0.25, 0.3) is 11.0 Å². The van der Waals surface area contributed by atoms with E-state index in [1.807, 2.05) is 24.3 Å². The molecule has 3 aromatic rings. The number of hydrogen-bond donors (Lipinski definition) is 2. The number of nitrogens with zero attached hydrogens (tertiary/aromatic N) is 1. The molecule has 2 N–H and O–H groups in total. The number of aromatic nitrogens is 2. The van der Waals surface area contributed by atoms with Crippen LogP contribution in [0.15, 0.2) is 58.1 Å². The van der Waals surface area contributed by atoms with Gasteiger partial charge in [-0.1, -0.05) is 51.1 Å². The first-order chi connectivity index (χ1) is 12.3. The fraction of sp³-hybridized carbons (Fsp3) is 0.250. The molecule has 2 aromatic carbocycles. The number of anilines is 1. The third kappa shape index (κ3) is 3.44. The number of amides is 1. The van der Waals surface area contributed by atoms with Crippen LogP contribution in [0.3, 0.4) is 0 Å². The van der Waals surface area contributed by atoms with Crippen LogP contribution in [0.5, 0.6) is 0 Å². The van der Waals surface area contributed by atoms with Crippen molar-refractivity contribution in [3.8, 4) is 0 Å². The van der Waals surface area contributed by atoms with Crippen LogP contribution < -0.4 is 16.4 Å². The van der Waals surface area contributed by atoms with E-state index in [1.165, 1.54) is 4.57 Å². The lowest BCUT2D eigenvalue weighted by Crippen LogP contribution is -2.38. The first-order valence-electron chi connectivity index (χ1n) is 8.38. The van der Waals surface area contributed by atoms with Crippen LogP contribution in [0.2, 0.25) is 0 Å². The van der Waals surface area contributed by atoms with Gasteiger partial charge in [0, 0.05) is 5.69 Å². The van der Waals surface area contributed by atoms with E-state index in [0.717, 1.165) is 5.56 Å². The van der Waals surface area contributed by atoms with Gasteiger partial charge in [-0.05, 0) is 29.2 Å². The van der Waals surface area contributed by atoms with E-state index in [9.17, 15) is 14.4 Å². The molecule has 0 atom stereocenters. The number of H-pyrrole nitrogens is 1. The summed E-state index contributed by atoms with van der Waals surface area (Å²) in [6.45, 7) is 5.95. The molecular weight excluding hydrogens is 330 g/mol. The lowest BCUT2D eigenvalue weighted by molar-refractivity contribution is -0.116. The fourth-order valence-corrected chi connectivity index (χ4v) is 2.96. The molecule has 0 saturated carbocycles. The Kier molecular flexibility index (Phi) is 4.50. The van der Waals surface area contributed by atoms with E-state index < -0.39 is 11.1 Å². The Morgan fingerprint density at radius 3 is 2.42 bits per heavy atom. The standard InChI is InChI=1S/C20H21N3O3/c1-20(2,3)13-8-4-5-9-14(13)21-17(24)12-23-16-11-7-6-10-15(16)22-18(25)19(23)26/h4-11H,12H2,1-3H3,(H,21,24)(H,22,25).